The van der Waals surface area contributed by atoms with Crippen LogP contribution in [0, 0.1) is 5.92 Å². The molecule has 0 bridgehead atoms. The zero-order valence-electron chi connectivity index (χ0n) is 9.28. The van der Waals surface area contributed by atoms with Gasteiger partial charge in [-0.2, -0.15) is 0 Å². The highest BCUT2D eigenvalue weighted by Crippen LogP contribution is 2.25. The fraction of sp³-hybridized carbons (Fsp3) is 0.417. The van der Waals surface area contributed by atoms with E-state index in [1.165, 1.54) is 7.11 Å². The summed E-state index contributed by atoms with van der Waals surface area (Å²) in [6.45, 7) is 14.8. The molecule has 0 heterocycles. The minimum atomic E-state index is -0.285. The fourth-order valence-electron chi connectivity index (χ4n) is 1.41. The molecule has 0 aromatic rings. The third-order valence-corrected chi connectivity index (χ3v) is 2.35. The number of nitrogens with zero attached hydrogens (tertiary/aromatic N) is 1. The number of ether oxygens (including phenoxy) is 1. The molecule has 3 heteroatoms. The highest BCUT2D eigenvalue weighted by molar-refractivity contribution is 5.29. The third-order valence-electron chi connectivity index (χ3n) is 2.35. The molecule has 0 aliphatic carbocycles. The Kier molecular flexibility index (Phi) is 6.38. The largest absolute Gasteiger partial charge is 0.499 e. The van der Waals surface area contributed by atoms with E-state index in [0.29, 0.717) is 12.2 Å². The minimum absolute atomic E-state index is 0.0561. The van der Waals surface area contributed by atoms with Crippen molar-refractivity contribution in [3.8, 4) is 0 Å². The molecule has 0 saturated carbocycles. The van der Waals surface area contributed by atoms with Gasteiger partial charge in [0.2, 0.25) is 0 Å². The van der Waals surface area contributed by atoms with E-state index in [4.69, 9.17) is 9.84 Å². The summed E-state index contributed by atoms with van der Waals surface area (Å²) in [5, 5.41) is 8.97. The average Bonchev–Trinajstić information content (AvgIpc) is 2.27. The van der Waals surface area contributed by atoms with Crippen LogP contribution >= 0.6 is 0 Å². The molecule has 0 aliphatic rings. The van der Waals surface area contributed by atoms with Crippen LogP contribution in [0.3, 0.4) is 0 Å². The third kappa shape index (κ3) is 3.72. The number of aliphatic hydroxyl groups is 1. The lowest BCUT2D eigenvalue weighted by Crippen LogP contribution is -2.23. The fourth-order valence-corrected chi connectivity index (χ4v) is 1.41. The summed E-state index contributed by atoms with van der Waals surface area (Å²) in [5.41, 5.74) is 0.805. The monoisotopic (exact) mass is 209 g/mol. The van der Waals surface area contributed by atoms with Crippen molar-refractivity contribution in [1.29, 1.82) is 0 Å². The van der Waals surface area contributed by atoms with Crippen molar-refractivity contribution >= 4 is 6.72 Å². The van der Waals surface area contributed by atoms with Gasteiger partial charge < -0.3 is 9.84 Å². The first-order valence-electron chi connectivity index (χ1n) is 4.73. The number of rotatable bonds is 8. The summed E-state index contributed by atoms with van der Waals surface area (Å²) in [4.78, 5) is 3.95. The maximum atomic E-state index is 8.97. The molecule has 3 nitrogen and oxygen atoms in total. The lowest BCUT2D eigenvalue weighted by molar-refractivity contribution is 0.223. The van der Waals surface area contributed by atoms with Crippen LogP contribution in [0.1, 0.15) is 6.42 Å². The van der Waals surface area contributed by atoms with Crippen LogP contribution in [0.5, 0.6) is 0 Å². The van der Waals surface area contributed by atoms with E-state index in [9.17, 15) is 0 Å². The summed E-state index contributed by atoms with van der Waals surface area (Å²) in [6.07, 6.45) is 2.19. The molecule has 84 valence electrons. The minimum Gasteiger partial charge on any atom is -0.499 e. The number of aliphatic hydroxyl groups excluding tert-OH is 1. The van der Waals surface area contributed by atoms with E-state index in [0.717, 1.165) is 5.57 Å². The summed E-state index contributed by atoms with van der Waals surface area (Å²) in [5.74, 6) is 0.462. The van der Waals surface area contributed by atoms with Gasteiger partial charge in [0.1, 0.15) is 11.8 Å². The van der Waals surface area contributed by atoms with Crippen LogP contribution in [-0.4, -0.2) is 31.6 Å². The second-order valence-corrected chi connectivity index (χ2v) is 3.20. The van der Waals surface area contributed by atoms with Crippen molar-refractivity contribution in [2.24, 2.45) is 10.9 Å². The molecule has 0 fully saturated rings. The molecule has 0 saturated heterocycles. The first-order chi connectivity index (χ1) is 7.12. The smallest absolute Gasteiger partial charge is 0.113 e. The van der Waals surface area contributed by atoms with Crippen LogP contribution in [0.4, 0.5) is 0 Å². The molecule has 2 atom stereocenters. The number of hydrogen-bond acceptors (Lipinski definition) is 3. The number of aliphatic imine (C=N–C) groups is 1. The Labute approximate surface area is 91.5 Å². The van der Waals surface area contributed by atoms with Gasteiger partial charge in [-0.15, -0.1) is 0 Å². The topological polar surface area (TPSA) is 41.8 Å². The Bertz CT molecular complexity index is 258. The lowest BCUT2D eigenvalue weighted by Gasteiger charge is -2.24. The summed E-state index contributed by atoms with van der Waals surface area (Å²) >= 11 is 0. The van der Waals surface area contributed by atoms with Gasteiger partial charge in [-0.05, 0) is 13.1 Å². The molecule has 0 radical (unpaired) electrons. The van der Waals surface area contributed by atoms with Crippen molar-refractivity contribution in [1.82, 2.24) is 0 Å². The van der Waals surface area contributed by atoms with Gasteiger partial charge in [0.25, 0.3) is 0 Å². The van der Waals surface area contributed by atoms with E-state index in [-0.39, 0.29) is 18.6 Å². The van der Waals surface area contributed by atoms with E-state index in [1.54, 1.807) is 6.08 Å². The van der Waals surface area contributed by atoms with Crippen molar-refractivity contribution in [3.05, 3.63) is 37.1 Å². The molecule has 0 aromatic heterocycles. The molecule has 0 spiro atoms. The summed E-state index contributed by atoms with van der Waals surface area (Å²) < 4.78 is 5.04. The molecular formula is C12H19NO2. The Balaban J connectivity index is 4.83. The molecule has 0 amide bonds. The summed E-state index contributed by atoms with van der Waals surface area (Å²) in [7, 11) is 1.53. The lowest BCUT2D eigenvalue weighted by atomic mass is 9.88. The molecule has 0 aliphatic heterocycles. The highest BCUT2D eigenvalue weighted by Gasteiger charge is 2.24. The number of methoxy groups -OCH3 is 1. The maximum absolute atomic E-state index is 8.97. The molecule has 15 heavy (non-hydrogen) atoms. The van der Waals surface area contributed by atoms with Crippen molar-refractivity contribution in [2.45, 2.75) is 12.5 Å². The first-order valence-corrected chi connectivity index (χ1v) is 4.73. The van der Waals surface area contributed by atoms with Crippen LogP contribution in [0.15, 0.2) is 42.1 Å². The first kappa shape index (κ1) is 13.7. The molecule has 0 aromatic carbocycles. The standard InChI is InChI=1S/C12H19NO2/c1-6-9(2)11(7-8-14)12(13-4)10(3)15-5/h6,11-12,14H,1-4,7-8H2,5H3. The van der Waals surface area contributed by atoms with Gasteiger partial charge >= 0.3 is 0 Å². The molecular weight excluding hydrogens is 190 g/mol. The predicted octanol–water partition coefficient (Wildman–Crippen LogP) is 1.96. The van der Waals surface area contributed by atoms with E-state index in [1.807, 2.05) is 0 Å². The van der Waals surface area contributed by atoms with Crippen LogP contribution in [0.25, 0.3) is 0 Å². The highest BCUT2D eigenvalue weighted by atomic mass is 16.5. The van der Waals surface area contributed by atoms with Crippen LogP contribution < -0.4 is 0 Å². The number of hydrogen-bond donors (Lipinski definition) is 1. The van der Waals surface area contributed by atoms with Crippen molar-refractivity contribution < 1.29 is 9.84 Å². The van der Waals surface area contributed by atoms with Crippen molar-refractivity contribution in [3.63, 3.8) is 0 Å². The quantitative estimate of drug-likeness (QED) is 0.377. The van der Waals surface area contributed by atoms with Gasteiger partial charge in [0.05, 0.1) is 7.11 Å². The SMILES string of the molecule is C=CC(=C)C(CCO)C(N=C)C(=C)OC. The Hall–Kier alpha value is -1.35. The number of allylic oxidation sites excluding steroid dienone is 1. The van der Waals surface area contributed by atoms with Gasteiger partial charge in [0, 0.05) is 12.5 Å². The Morgan fingerprint density at radius 3 is 2.47 bits per heavy atom. The van der Waals surface area contributed by atoms with Gasteiger partial charge in [-0.25, -0.2) is 0 Å². The summed E-state index contributed by atoms with van der Waals surface area (Å²) in [6, 6.07) is -0.285. The zero-order chi connectivity index (χ0) is 11.8. The van der Waals surface area contributed by atoms with Crippen LogP contribution in [-0.2, 0) is 4.74 Å². The van der Waals surface area contributed by atoms with E-state index in [2.05, 4.69) is 31.4 Å². The Morgan fingerprint density at radius 2 is 2.13 bits per heavy atom. The Morgan fingerprint density at radius 1 is 1.53 bits per heavy atom. The van der Waals surface area contributed by atoms with E-state index < -0.39 is 0 Å². The normalized spacial score (nSPS) is 13.7. The van der Waals surface area contributed by atoms with Gasteiger partial charge in [0.15, 0.2) is 0 Å². The van der Waals surface area contributed by atoms with Gasteiger partial charge in [-0.1, -0.05) is 31.4 Å². The molecule has 1 N–H and O–H groups in total. The van der Waals surface area contributed by atoms with Crippen molar-refractivity contribution in [2.75, 3.05) is 13.7 Å². The van der Waals surface area contributed by atoms with Crippen LogP contribution in [0.2, 0.25) is 0 Å². The van der Waals surface area contributed by atoms with Gasteiger partial charge in [-0.3, -0.25) is 4.99 Å². The molecule has 0 rings (SSSR count). The second-order valence-electron chi connectivity index (χ2n) is 3.20. The zero-order valence-corrected chi connectivity index (χ0v) is 9.28. The predicted molar refractivity (Wildman–Crippen MR) is 64.0 cm³/mol. The maximum Gasteiger partial charge on any atom is 0.113 e. The second kappa shape index (κ2) is 7.01. The van der Waals surface area contributed by atoms with E-state index >= 15 is 0 Å². The average molecular weight is 209 g/mol. The molecule has 2 unspecified atom stereocenters.